The number of aromatic nitrogens is 3. The van der Waals surface area contributed by atoms with Gasteiger partial charge in [-0.15, -0.1) is 0 Å². The molecule has 2 aromatic carbocycles. The van der Waals surface area contributed by atoms with Crippen molar-refractivity contribution in [2.45, 2.75) is 6.54 Å². The minimum absolute atomic E-state index is 0.106. The van der Waals surface area contributed by atoms with Gasteiger partial charge in [-0.05, 0) is 24.3 Å². The van der Waals surface area contributed by atoms with Crippen LogP contribution in [0.5, 0.6) is 0 Å². The van der Waals surface area contributed by atoms with Crippen molar-refractivity contribution in [2.75, 3.05) is 42.9 Å². The number of hydrogen-bond acceptors (Lipinski definition) is 8. The van der Waals surface area contributed by atoms with Crippen molar-refractivity contribution in [3.63, 3.8) is 0 Å². The van der Waals surface area contributed by atoms with E-state index in [0.29, 0.717) is 66.9 Å². The quantitative estimate of drug-likeness (QED) is 0.270. The molecular formula is C28H26FN7O4. The Morgan fingerprint density at radius 2 is 1.85 bits per heavy atom. The molecule has 1 aliphatic heterocycles. The van der Waals surface area contributed by atoms with Gasteiger partial charge in [0.25, 0.3) is 5.91 Å². The summed E-state index contributed by atoms with van der Waals surface area (Å²) < 4.78 is 25.2. The Balaban J connectivity index is 1.00. The summed E-state index contributed by atoms with van der Waals surface area (Å²) in [6.45, 7) is 2.04. The first-order chi connectivity index (χ1) is 19.5. The zero-order valence-corrected chi connectivity index (χ0v) is 21.4. The number of aromatic amines is 1. The Kier molecular flexibility index (Phi) is 6.87. The van der Waals surface area contributed by atoms with Gasteiger partial charge in [-0.1, -0.05) is 34.6 Å². The maximum Gasteiger partial charge on any atom is 0.268 e. The molecule has 4 heterocycles. The predicted molar refractivity (Wildman–Crippen MR) is 145 cm³/mol. The number of benzene rings is 2. The van der Waals surface area contributed by atoms with Gasteiger partial charge < -0.3 is 34.5 Å². The third kappa shape index (κ3) is 5.37. The molecule has 0 bridgehead atoms. The van der Waals surface area contributed by atoms with Gasteiger partial charge >= 0.3 is 0 Å². The van der Waals surface area contributed by atoms with Crippen LogP contribution in [0.2, 0.25) is 0 Å². The van der Waals surface area contributed by atoms with Crippen LogP contribution in [0.4, 0.5) is 15.9 Å². The average molecular weight is 544 g/mol. The lowest BCUT2D eigenvalue weighted by molar-refractivity contribution is -0.130. The normalized spacial score (nSPS) is 13.5. The minimum atomic E-state index is -0.381. The average Bonchev–Trinajstić information content (AvgIpc) is 3.76. The fraction of sp³-hybridized carbons (Fsp3) is 0.214. The summed E-state index contributed by atoms with van der Waals surface area (Å²) in [4.78, 5) is 31.9. The molecule has 0 spiro atoms. The number of rotatable bonds is 8. The predicted octanol–water partition coefficient (Wildman–Crippen LogP) is 3.64. The van der Waals surface area contributed by atoms with Crippen LogP contribution < -0.4 is 15.5 Å². The van der Waals surface area contributed by atoms with Crippen molar-refractivity contribution in [1.29, 1.82) is 0 Å². The van der Waals surface area contributed by atoms with E-state index in [2.05, 4.69) is 25.9 Å². The van der Waals surface area contributed by atoms with E-state index in [1.54, 1.807) is 35.2 Å². The summed E-state index contributed by atoms with van der Waals surface area (Å²) >= 11 is 0. The van der Waals surface area contributed by atoms with Crippen LogP contribution in [0.15, 0.2) is 76.0 Å². The Morgan fingerprint density at radius 1 is 1.00 bits per heavy atom. The number of carbonyl (C=O) groups is 2. The first-order valence-electron chi connectivity index (χ1n) is 12.8. The highest BCUT2D eigenvalue weighted by Gasteiger charge is 2.24. The third-order valence-electron chi connectivity index (χ3n) is 6.83. The number of nitrogens with zero attached hydrogens (tertiary/aromatic N) is 4. The lowest BCUT2D eigenvalue weighted by atomic mass is 10.1. The number of para-hydroxylation sites is 1. The molecule has 6 rings (SSSR count). The molecule has 1 aliphatic rings. The van der Waals surface area contributed by atoms with Gasteiger partial charge in [0, 0.05) is 54.8 Å². The van der Waals surface area contributed by atoms with Crippen molar-refractivity contribution >= 4 is 34.2 Å². The van der Waals surface area contributed by atoms with E-state index in [1.807, 2.05) is 29.2 Å². The van der Waals surface area contributed by atoms with Crippen molar-refractivity contribution in [1.82, 2.24) is 25.5 Å². The zero-order chi connectivity index (χ0) is 27.5. The smallest absolute Gasteiger partial charge is 0.268 e. The maximum absolute atomic E-state index is 15.1. The largest absolute Gasteiger partial charge is 0.366 e. The van der Waals surface area contributed by atoms with Crippen LogP contribution in [0, 0.1) is 5.82 Å². The molecule has 204 valence electrons. The van der Waals surface area contributed by atoms with Crippen molar-refractivity contribution < 1.29 is 23.0 Å². The Labute approximate surface area is 227 Å². The number of fused-ring (bicyclic) bond motifs is 1. The van der Waals surface area contributed by atoms with Gasteiger partial charge in [-0.25, -0.2) is 4.39 Å². The summed E-state index contributed by atoms with van der Waals surface area (Å²) in [5.41, 5.74) is 2.84. The molecule has 0 unspecified atom stereocenters. The van der Waals surface area contributed by atoms with Crippen LogP contribution in [-0.2, 0) is 11.3 Å². The van der Waals surface area contributed by atoms with Crippen LogP contribution in [0.3, 0.4) is 0 Å². The first kappa shape index (κ1) is 25.2. The number of amides is 2. The highest BCUT2D eigenvalue weighted by Crippen LogP contribution is 2.27. The Hall–Kier alpha value is -5.13. The standard InChI is InChI=1S/C28H26FN7O4/c29-21-13-19(23-15-20(40-33-23)16-30-26-7-12-39-34-26)5-6-25(21)35-8-10-36(11-9-35)27(37)17-31-28(38)24-14-18-3-1-2-4-22(18)32-24/h1-7,12-15,32H,8-11,16-17H2,(H,30,34)(H,31,38). The number of nitrogens with one attached hydrogen (secondary N) is 3. The second-order valence-electron chi connectivity index (χ2n) is 9.40. The molecule has 3 N–H and O–H groups in total. The highest BCUT2D eigenvalue weighted by molar-refractivity contribution is 5.99. The zero-order valence-electron chi connectivity index (χ0n) is 21.4. The van der Waals surface area contributed by atoms with Gasteiger partial charge in [0.05, 0.1) is 18.8 Å². The van der Waals surface area contributed by atoms with E-state index < -0.39 is 0 Å². The van der Waals surface area contributed by atoms with Crippen molar-refractivity contribution in [3.8, 4) is 11.3 Å². The lowest BCUT2D eigenvalue weighted by Gasteiger charge is -2.36. The van der Waals surface area contributed by atoms with Gasteiger partial charge in [0.2, 0.25) is 5.91 Å². The molecule has 0 saturated carbocycles. The molecule has 12 heteroatoms. The Morgan fingerprint density at radius 3 is 2.62 bits per heavy atom. The number of hydrogen-bond donors (Lipinski definition) is 3. The molecule has 3 aromatic heterocycles. The van der Waals surface area contributed by atoms with Crippen LogP contribution in [0.25, 0.3) is 22.2 Å². The number of carbonyl (C=O) groups excluding carboxylic acids is 2. The Bertz CT molecular complexity index is 1600. The molecule has 0 aliphatic carbocycles. The maximum atomic E-state index is 15.1. The summed E-state index contributed by atoms with van der Waals surface area (Å²) in [5, 5.41) is 14.5. The van der Waals surface area contributed by atoms with E-state index in [9.17, 15) is 9.59 Å². The van der Waals surface area contributed by atoms with E-state index in [-0.39, 0.29) is 24.2 Å². The molecule has 1 fully saturated rings. The van der Waals surface area contributed by atoms with E-state index in [0.717, 1.165) is 10.9 Å². The number of piperazine rings is 1. The van der Waals surface area contributed by atoms with Crippen LogP contribution >= 0.6 is 0 Å². The molecular weight excluding hydrogens is 517 g/mol. The second-order valence-corrected chi connectivity index (χ2v) is 9.40. The summed E-state index contributed by atoms with van der Waals surface area (Å²) in [6, 6.07) is 17.7. The van der Waals surface area contributed by atoms with E-state index >= 15 is 4.39 Å². The fourth-order valence-electron chi connectivity index (χ4n) is 4.69. The second kappa shape index (κ2) is 10.9. The van der Waals surface area contributed by atoms with Gasteiger partial charge in [0.15, 0.2) is 11.6 Å². The summed E-state index contributed by atoms with van der Waals surface area (Å²) in [5.74, 6) is 0.245. The number of halogens is 1. The fourth-order valence-corrected chi connectivity index (χ4v) is 4.69. The summed E-state index contributed by atoms with van der Waals surface area (Å²) in [7, 11) is 0. The molecule has 11 nitrogen and oxygen atoms in total. The van der Waals surface area contributed by atoms with Gasteiger partial charge in [-0.2, -0.15) is 0 Å². The first-order valence-corrected chi connectivity index (χ1v) is 12.8. The van der Waals surface area contributed by atoms with Crippen LogP contribution in [-0.4, -0.2) is 64.7 Å². The number of H-pyrrole nitrogens is 1. The molecule has 40 heavy (non-hydrogen) atoms. The summed E-state index contributed by atoms with van der Waals surface area (Å²) in [6.07, 6.45) is 1.46. The topological polar surface area (TPSA) is 133 Å². The molecule has 5 aromatic rings. The number of anilines is 2. The molecule has 0 atom stereocenters. The molecule has 2 amide bonds. The van der Waals surface area contributed by atoms with Crippen LogP contribution in [0.1, 0.15) is 16.2 Å². The van der Waals surface area contributed by atoms with Gasteiger partial charge in [0.1, 0.15) is 23.5 Å². The van der Waals surface area contributed by atoms with Crippen molar-refractivity contribution in [2.24, 2.45) is 0 Å². The van der Waals surface area contributed by atoms with Crippen molar-refractivity contribution in [3.05, 3.63) is 84.2 Å². The lowest BCUT2D eigenvalue weighted by Crippen LogP contribution is -2.51. The molecule has 1 saturated heterocycles. The van der Waals surface area contributed by atoms with E-state index in [1.165, 1.54) is 12.3 Å². The third-order valence-corrected chi connectivity index (χ3v) is 6.83. The van der Waals surface area contributed by atoms with Gasteiger partial charge in [-0.3, -0.25) is 9.59 Å². The SMILES string of the molecule is O=C(NCC(=O)N1CCN(c2ccc(-c3cc(CNc4ccon4)on3)cc2F)CC1)c1cc2ccccc2[nH]1. The van der Waals surface area contributed by atoms with E-state index in [4.69, 9.17) is 9.05 Å². The highest BCUT2D eigenvalue weighted by atomic mass is 19.1. The monoisotopic (exact) mass is 543 g/mol. The molecule has 0 radical (unpaired) electrons. The minimum Gasteiger partial charge on any atom is -0.366 e.